The van der Waals surface area contributed by atoms with Gasteiger partial charge in [0.05, 0.1) is 16.3 Å². The average Bonchev–Trinajstić information content (AvgIpc) is 3.52. The molecule has 3 heterocycles. The van der Waals surface area contributed by atoms with Crippen molar-refractivity contribution in [3.63, 3.8) is 0 Å². The topological polar surface area (TPSA) is 127 Å². The van der Waals surface area contributed by atoms with E-state index in [9.17, 15) is 18.0 Å². The highest BCUT2D eigenvalue weighted by atomic mass is 32.2. The first-order chi connectivity index (χ1) is 21.4. The third kappa shape index (κ3) is 5.81. The van der Waals surface area contributed by atoms with Gasteiger partial charge in [-0.2, -0.15) is 0 Å². The van der Waals surface area contributed by atoms with E-state index < -0.39 is 15.4 Å². The summed E-state index contributed by atoms with van der Waals surface area (Å²) >= 11 is 0. The SMILES string of the molecule is Cc1noc(NS(=O)(=O)c2ccccc2-c2ccc(Cn3c(C)nc4c3C(=O)CCCC4)cc2CN2CCC(C)(C)C2=O)c1C. The van der Waals surface area contributed by atoms with Gasteiger partial charge in [0.2, 0.25) is 11.8 Å². The Kier molecular flexibility index (Phi) is 7.93. The average molecular weight is 630 g/mol. The van der Waals surface area contributed by atoms with Gasteiger partial charge in [0.15, 0.2) is 5.78 Å². The fourth-order valence-electron chi connectivity index (χ4n) is 6.34. The molecule has 10 nitrogen and oxygen atoms in total. The molecule has 0 atom stereocenters. The fourth-order valence-corrected chi connectivity index (χ4v) is 7.61. The van der Waals surface area contributed by atoms with Crippen LogP contribution in [0.25, 0.3) is 11.1 Å². The molecule has 0 saturated carbocycles. The molecular formula is C34H39N5O5S. The Morgan fingerprint density at radius 3 is 2.44 bits per heavy atom. The summed E-state index contributed by atoms with van der Waals surface area (Å²) in [5.74, 6) is 1.05. The first kappa shape index (κ1) is 30.8. The van der Waals surface area contributed by atoms with E-state index in [2.05, 4.69) is 9.88 Å². The van der Waals surface area contributed by atoms with Gasteiger partial charge in [0.25, 0.3) is 10.0 Å². The van der Waals surface area contributed by atoms with Crippen molar-refractivity contribution in [1.29, 1.82) is 0 Å². The zero-order valence-electron chi connectivity index (χ0n) is 26.4. The van der Waals surface area contributed by atoms with E-state index in [1.165, 1.54) is 0 Å². The molecule has 0 spiro atoms. The molecule has 4 aromatic rings. The quantitative estimate of drug-likeness (QED) is 0.238. The molecule has 1 N–H and O–H groups in total. The monoisotopic (exact) mass is 629 g/mol. The Labute approximate surface area is 263 Å². The van der Waals surface area contributed by atoms with Crippen LogP contribution in [0.5, 0.6) is 0 Å². The van der Waals surface area contributed by atoms with E-state index in [0.29, 0.717) is 54.1 Å². The maximum atomic E-state index is 13.8. The number of hydrogen-bond acceptors (Lipinski definition) is 7. The summed E-state index contributed by atoms with van der Waals surface area (Å²) < 4.78 is 37.3. The maximum Gasteiger partial charge on any atom is 0.264 e. The Morgan fingerprint density at radius 1 is 0.978 bits per heavy atom. The number of carbonyl (C=O) groups is 2. The molecule has 0 unspecified atom stereocenters. The van der Waals surface area contributed by atoms with Gasteiger partial charge in [-0.1, -0.05) is 55.4 Å². The summed E-state index contributed by atoms with van der Waals surface area (Å²) in [7, 11) is -4.07. The lowest BCUT2D eigenvalue weighted by molar-refractivity contribution is -0.135. The number of aryl methyl sites for hydroxylation is 3. The number of nitrogens with zero attached hydrogens (tertiary/aromatic N) is 4. The predicted molar refractivity (Wildman–Crippen MR) is 170 cm³/mol. The van der Waals surface area contributed by atoms with Crippen LogP contribution in [0.2, 0.25) is 0 Å². The number of carbonyl (C=O) groups excluding carboxylic acids is 2. The van der Waals surface area contributed by atoms with Gasteiger partial charge in [-0.3, -0.25) is 9.59 Å². The van der Waals surface area contributed by atoms with Crippen molar-refractivity contribution in [3.8, 4) is 11.1 Å². The van der Waals surface area contributed by atoms with Crippen molar-refractivity contribution >= 4 is 27.6 Å². The van der Waals surface area contributed by atoms with Gasteiger partial charge in [0.1, 0.15) is 11.5 Å². The van der Waals surface area contributed by atoms with Gasteiger partial charge in [-0.05, 0) is 69.2 Å². The van der Waals surface area contributed by atoms with Crippen LogP contribution < -0.4 is 4.72 Å². The van der Waals surface area contributed by atoms with Crippen LogP contribution in [0.1, 0.15) is 83.9 Å². The molecule has 1 aliphatic carbocycles. The number of rotatable bonds is 8. The molecule has 6 rings (SSSR count). The van der Waals surface area contributed by atoms with Crippen molar-refractivity contribution in [2.45, 2.75) is 84.7 Å². The number of anilines is 1. The van der Waals surface area contributed by atoms with E-state index in [0.717, 1.165) is 48.3 Å². The highest BCUT2D eigenvalue weighted by molar-refractivity contribution is 7.92. The Bertz CT molecular complexity index is 1920. The third-order valence-corrected chi connectivity index (χ3v) is 10.5. The molecule has 2 aromatic carbocycles. The first-order valence-electron chi connectivity index (χ1n) is 15.4. The largest absolute Gasteiger partial charge is 0.338 e. The molecule has 1 saturated heterocycles. The fraction of sp³-hybridized carbons (Fsp3) is 0.412. The maximum absolute atomic E-state index is 13.8. The lowest BCUT2D eigenvalue weighted by Crippen LogP contribution is -2.30. The predicted octanol–water partition coefficient (Wildman–Crippen LogP) is 5.98. The van der Waals surface area contributed by atoms with Gasteiger partial charge < -0.3 is 14.0 Å². The number of hydrogen-bond donors (Lipinski definition) is 1. The summed E-state index contributed by atoms with van der Waals surface area (Å²) in [6.45, 7) is 10.7. The van der Waals surface area contributed by atoms with Crippen LogP contribution >= 0.6 is 0 Å². The molecule has 11 heteroatoms. The number of imidazole rings is 1. The van der Waals surface area contributed by atoms with E-state index in [-0.39, 0.29) is 22.5 Å². The normalized spacial score (nSPS) is 16.6. The van der Waals surface area contributed by atoms with Crippen LogP contribution in [0.3, 0.4) is 0 Å². The molecule has 1 fully saturated rings. The summed E-state index contributed by atoms with van der Waals surface area (Å²) in [6.07, 6.45) is 3.86. The number of fused-ring (bicyclic) bond motifs is 1. The minimum absolute atomic E-state index is 0.0685. The van der Waals surface area contributed by atoms with Gasteiger partial charge >= 0.3 is 0 Å². The van der Waals surface area contributed by atoms with Crippen LogP contribution in [-0.2, 0) is 34.3 Å². The Hall–Kier alpha value is -4.25. The molecular weight excluding hydrogens is 590 g/mol. The number of benzene rings is 2. The number of nitrogens with one attached hydrogen (secondary N) is 1. The minimum atomic E-state index is -4.07. The van der Waals surface area contributed by atoms with Gasteiger partial charge in [-0.25, -0.2) is 18.1 Å². The third-order valence-electron chi connectivity index (χ3n) is 9.16. The van der Waals surface area contributed by atoms with E-state index in [4.69, 9.17) is 9.51 Å². The second-order valence-electron chi connectivity index (χ2n) is 12.8. The lowest BCUT2D eigenvalue weighted by Gasteiger charge is -2.23. The Balaban J connectivity index is 1.43. The molecule has 0 bridgehead atoms. The van der Waals surface area contributed by atoms with E-state index in [1.54, 1.807) is 38.1 Å². The summed E-state index contributed by atoms with van der Waals surface area (Å²) in [5, 5.41) is 3.88. The molecule has 1 aliphatic heterocycles. The van der Waals surface area contributed by atoms with Gasteiger partial charge in [-0.15, -0.1) is 0 Å². The zero-order valence-corrected chi connectivity index (χ0v) is 27.3. The molecule has 45 heavy (non-hydrogen) atoms. The van der Waals surface area contributed by atoms with Crippen LogP contribution in [0, 0.1) is 26.2 Å². The summed E-state index contributed by atoms with van der Waals surface area (Å²) in [6, 6.07) is 12.7. The van der Waals surface area contributed by atoms with Crippen molar-refractivity contribution in [2.75, 3.05) is 11.3 Å². The molecule has 236 valence electrons. The first-order valence-corrected chi connectivity index (χ1v) is 16.9. The van der Waals surface area contributed by atoms with Crippen molar-refractivity contribution in [1.82, 2.24) is 19.6 Å². The number of sulfonamides is 1. The van der Waals surface area contributed by atoms with E-state index >= 15 is 0 Å². The van der Waals surface area contributed by atoms with Crippen LogP contribution in [-0.4, -0.2) is 46.3 Å². The highest BCUT2D eigenvalue weighted by Crippen LogP contribution is 2.36. The molecule has 2 aliphatic rings. The van der Waals surface area contributed by atoms with Crippen LogP contribution in [0.4, 0.5) is 5.88 Å². The summed E-state index contributed by atoms with van der Waals surface area (Å²) in [4.78, 5) is 33.0. The Morgan fingerprint density at radius 2 is 1.73 bits per heavy atom. The lowest BCUT2D eigenvalue weighted by atomic mass is 9.92. The molecule has 1 amide bonds. The highest BCUT2D eigenvalue weighted by Gasteiger charge is 2.38. The second kappa shape index (κ2) is 11.6. The standard InChI is InChI=1S/C34H39N5O5S/c1-21-22(2)36-44-32(21)37-45(42,43)30-13-9-6-10-27(30)26-15-14-24(18-25(26)20-38-17-16-34(4,5)33(38)41)19-39-23(3)35-28-11-7-8-12-29(40)31(28)39/h6,9-10,13-15,18,37H,7-8,11-12,16-17,19-20H2,1-5H3. The summed E-state index contributed by atoms with van der Waals surface area (Å²) in [5.41, 5.74) is 5.28. The van der Waals surface area contributed by atoms with Gasteiger partial charge in [0, 0.05) is 42.6 Å². The molecule has 2 aromatic heterocycles. The van der Waals surface area contributed by atoms with Crippen molar-refractivity contribution in [2.24, 2.45) is 5.41 Å². The number of aromatic nitrogens is 3. The number of amides is 1. The van der Waals surface area contributed by atoms with E-state index in [1.807, 2.05) is 48.4 Å². The number of likely N-dealkylation sites (tertiary alicyclic amines) is 1. The smallest absolute Gasteiger partial charge is 0.264 e. The number of ketones is 1. The van der Waals surface area contributed by atoms with Crippen molar-refractivity contribution < 1.29 is 22.5 Å². The van der Waals surface area contributed by atoms with Crippen LogP contribution in [0.15, 0.2) is 51.9 Å². The zero-order chi connectivity index (χ0) is 32.1. The minimum Gasteiger partial charge on any atom is -0.338 e. The van der Waals surface area contributed by atoms with Crippen molar-refractivity contribution in [3.05, 3.63) is 82.1 Å². The number of Topliss-reactive ketones (excluding diaryl/α,β-unsaturated/α-hetero) is 1. The second-order valence-corrected chi connectivity index (χ2v) is 14.5. The molecule has 0 radical (unpaired) electrons.